The first-order chi connectivity index (χ1) is 24.5. The van der Waals surface area contributed by atoms with Gasteiger partial charge in [-0.1, -0.05) is 30.2 Å². The molecule has 4 aliphatic heterocycles. The van der Waals surface area contributed by atoms with Gasteiger partial charge in [-0.05, 0) is 77.3 Å². The van der Waals surface area contributed by atoms with E-state index in [9.17, 15) is 9.18 Å². The number of aliphatic hydroxyl groups is 1. The third-order valence-electron chi connectivity index (χ3n) is 10.5. The Labute approximate surface area is 296 Å². The van der Waals surface area contributed by atoms with Crippen LogP contribution in [0.25, 0.3) is 32.9 Å². The number of aromatic nitrogens is 3. The Morgan fingerprint density at radius 1 is 1.04 bits per heavy atom. The maximum atomic E-state index is 16.3. The summed E-state index contributed by atoms with van der Waals surface area (Å²) in [6.07, 6.45) is 13.8. The first-order valence-corrected chi connectivity index (χ1v) is 17.7. The largest absolute Gasteiger partial charge is 0.467 e. The maximum Gasteiger partial charge on any atom is 0.410 e. The standard InChI is InChI=1S/C31H29F2N5O3.C8H15NO/c1-6-20-23(32)13-10-17-8-7-9-21(24(17)20)26-25(33)27-22(14-34-26)28(36-29(35-27)40-5)37-15-18-11-12-19(16-37)38(18)30(39)41-31(2,3)4;10-6-8-4-3-7-2-1-5-9(7)8/h1,7-10,13-14,18-19H,11-12,15-16H2,2-5H3;7-8,10H,1-6H2/t;7?,8-/m.1/s1. The molecule has 2 bridgehead atoms. The van der Waals surface area contributed by atoms with E-state index >= 15 is 4.39 Å². The van der Waals surface area contributed by atoms with Gasteiger partial charge in [0.1, 0.15) is 28.4 Å². The summed E-state index contributed by atoms with van der Waals surface area (Å²) in [6.45, 7) is 8.12. The number of amides is 1. The minimum absolute atomic E-state index is 0.00116. The number of methoxy groups -OCH3 is 1. The normalized spacial score (nSPS) is 22.9. The molecule has 10 nitrogen and oxygen atoms in total. The predicted octanol–water partition coefficient (Wildman–Crippen LogP) is 6.31. The van der Waals surface area contributed by atoms with Crippen molar-refractivity contribution in [1.29, 1.82) is 0 Å². The molecule has 4 aliphatic rings. The quantitative estimate of drug-likeness (QED) is 0.246. The fourth-order valence-electron chi connectivity index (χ4n) is 8.32. The van der Waals surface area contributed by atoms with Crippen molar-refractivity contribution in [2.45, 2.75) is 89.1 Å². The van der Waals surface area contributed by atoms with Crippen molar-refractivity contribution in [3.05, 3.63) is 53.7 Å². The third-order valence-corrected chi connectivity index (χ3v) is 10.5. The lowest BCUT2D eigenvalue weighted by molar-refractivity contribution is 0.0122. The molecule has 12 heteroatoms. The second-order valence-corrected chi connectivity index (χ2v) is 14.8. The van der Waals surface area contributed by atoms with E-state index in [1.54, 1.807) is 24.3 Å². The molecule has 2 aromatic heterocycles. The van der Waals surface area contributed by atoms with Crippen LogP contribution in [-0.2, 0) is 4.74 Å². The van der Waals surface area contributed by atoms with Crippen LogP contribution in [0.5, 0.6) is 6.01 Å². The summed E-state index contributed by atoms with van der Waals surface area (Å²) in [5.41, 5.74) is -0.181. The van der Waals surface area contributed by atoms with Gasteiger partial charge in [0.25, 0.3) is 0 Å². The topological polar surface area (TPSA) is 104 Å². The first-order valence-electron chi connectivity index (χ1n) is 17.7. The summed E-state index contributed by atoms with van der Waals surface area (Å²) < 4.78 is 42.0. The van der Waals surface area contributed by atoms with Crippen molar-refractivity contribution in [2.75, 3.05) is 38.3 Å². The molecule has 1 N–H and O–H groups in total. The smallest absolute Gasteiger partial charge is 0.410 e. The number of ether oxygens (including phenoxy) is 2. The third kappa shape index (κ3) is 6.53. The highest BCUT2D eigenvalue weighted by molar-refractivity contribution is 6.02. The maximum absolute atomic E-state index is 16.3. The molecular weight excluding hydrogens is 654 g/mol. The Kier molecular flexibility index (Phi) is 9.46. The van der Waals surface area contributed by atoms with Crippen LogP contribution in [0, 0.1) is 24.0 Å². The van der Waals surface area contributed by atoms with Crippen LogP contribution in [0.1, 0.15) is 64.9 Å². The summed E-state index contributed by atoms with van der Waals surface area (Å²) in [4.78, 5) is 32.7. The zero-order chi connectivity index (χ0) is 36.0. The number of halogens is 2. The average molecular weight is 699 g/mol. The minimum atomic E-state index is -0.695. The number of piperazine rings is 1. The molecule has 2 aromatic carbocycles. The highest BCUT2D eigenvalue weighted by atomic mass is 19.1. The fourth-order valence-corrected chi connectivity index (χ4v) is 8.32. The second kappa shape index (κ2) is 13.8. The van der Waals surface area contributed by atoms with Crippen molar-refractivity contribution in [1.82, 2.24) is 24.8 Å². The average Bonchev–Trinajstić information content (AvgIpc) is 3.81. The van der Waals surface area contributed by atoms with Crippen LogP contribution in [0.3, 0.4) is 0 Å². The first kappa shape index (κ1) is 34.8. The number of fused-ring (bicyclic) bond motifs is 5. The van der Waals surface area contributed by atoms with Gasteiger partial charge in [0.05, 0.1) is 36.8 Å². The molecule has 0 aliphatic carbocycles. The number of carbonyl (C=O) groups excluding carboxylic acids is 1. The monoisotopic (exact) mass is 698 g/mol. The summed E-state index contributed by atoms with van der Waals surface area (Å²) in [7, 11) is 1.42. The van der Waals surface area contributed by atoms with Crippen molar-refractivity contribution < 1.29 is 28.2 Å². The van der Waals surface area contributed by atoms with Gasteiger partial charge in [0.15, 0.2) is 5.82 Å². The van der Waals surface area contributed by atoms with E-state index in [0.717, 1.165) is 18.9 Å². The van der Waals surface area contributed by atoms with Crippen LogP contribution in [0.15, 0.2) is 36.5 Å². The molecule has 0 spiro atoms. The minimum Gasteiger partial charge on any atom is -0.467 e. The van der Waals surface area contributed by atoms with Gasteiger partial charge in [0.2, 0.25) is 0 Å². The zero-order valence-electron chi connectivity index (χ0n) is 29.5. The van der Waals surface area contributed by atoms with Crippen molar-refractivity contribution >= 4 is 33.6 Å². The summed E-state index contributed by atoms with van der Waals surface area (Å²) >= 11 is 0. The number of hydrogen-bond acceptors (Lipinski definition) is 9. The van der Waals surface area contributed by atoms with Crippen LogP contribution in [0.2, 0.25) is 0 Å². The van der Waals surface area contributed by atoms with Crippen LogP contribution < -0.4 is 9.64 Å². The molecule has 4 aromatic rings. The predicted molar refractivity (Wildman–Crippen MR) is 192 cm³/mol. The molecule has 4 saturated heterocycles. The lowest BCUT2D eigenvalue weighted by atomic mass is 9.96. The molecule has 1 amide bonds. The number of pyridine rings is 1. The van der Waals surface area contributed by atoms with Crippen LogP contribution in [0.4, 0.5) is 19.4 Å². The van der Waals surface area contributed by atoms with E-state index in [0.29, 0.717) is 53.3 Å². The number of nitrogens with zero attached hydrogens (tertiary/aromatic N) is 6. The number of aliphatic hydroxyl groups excluding tert-OH is 1. The molecule has 8 rings (SSSR count). The van der Waals surface area contributed by atoms with Gasteiger partial charge in [-0.3, -0.25) is 14.8 Å². The second-order valence-electron chi connectivity index (χ2n) is 14.8. The number of benzene rings is 2. The molecule has 4 atom stereocenters. The van der Waals surface area contributed by atoms with Crippen LogP contribution in [-0.4, -0.2) is 99.1 Å². The zero-order valence-corrected chi connectivity index (χ0v) is 29.5. The Morgan fingerprint density at radius 2 is 1.78 bits per heavy atom. The Balaban J connectivity index is 0.000000347. The van der Waals surface area contributed by atoms with E-state index in [4.69, 9.17) is 21.0 Å². The number of anilines is 1. The highest BCUT2D eigenvalue weighted by Crippen LogP contribution is 2.39. The molecule has 4 fully saturated rings. The van der Waals surface area contributed by atoms with E-state index in [1.807, 2.05) is 30.6 Å². The van der Waals surface area contributed by atoms with E-state index in [2.05, 4.69) is 25.8 Å². The molecular formula is C39H44F2N6O4. The van der Waals surface area contributed by atoms with Crippen molar-refractivity contribution in [3.8, 4) is 29.6 Å². The van der Waals surface area contributed by atoms with E-state index in [1.165, 1.54) is 51.6 Å². The Hall–Kier alpha value is -4.60. The Bertz CT molecular complexity index is 2000. The van der Waals surface area contributed by atoms with Gasteiger partial charge in [-0.15, -0.1) is 6.42 Å². The van der Waals surface area contributed by atoms with Crippen molar-refractivity contribution in [3.63, 3.8) is 0 Å². The van der Waals surface area contributed by atoms with Gasteiger partial charge in [-0.2, -0.15) is 9.97 Å². The molecule has 0 saturated carbocycles. The number of carbonyl (C=O) groups is 1. The SMILES string of the molecule is C#Cc1c(F)ccc2cccc(-c3ncc4c(N5CC6CCC(C5)N6C(=O)OC(C)(C)C)nc(OC)nc4c3F)c12.OC[C@H]1CCC2CCCN21. The summed E-state index contributed by atoms with van der Waals surface area (Å²) in [5, 5.41) is 10.4. The van der Waals surface area contributed by atoms with Gasteiger partial charge >= 0.3 is 12.1 Å². The Morgan fingerprint density at radius 3 is 2.47 bits per heavy atom. The number of terminal acetylenes is 1. The molecule has 3 unspecified atom stereocenters. The van der Waals surface area contributed by atoms with Gasteiger partial charge in [0, 0.05) is 42.3 Å². The molecule has 6 heterocycles. The highest BCUT2D eigenvalue weighted by Gasteiger charge is 2.45. The van der Waals surface area contributed by atoms with Gasteiger partial charge < -0.3 is 19.5 Å². The lowest BCUT2D eigenvalue weighted by Gasteiger charge is -2.42. The van der Waals surface area contributed by atoms with E-state index < -0.39 is 17.2 Å². The molecule has 0 radical (unpaired) electrons. The van der Waals surface area contributed by atoms with Gasteiger partial charge in [-0.25, -0.2) is 13.6 Å². The van der Waals surface area contributed by atoms with Crippen molar-refractivity contribution in [2.24, 2.45) is 0 Å². The number of hydrogen-bond donors (Lipinski definition) is 1. The summed E-state index contributed by atoms with van der Waals surface area (Å²) in [5.74, 6) is 1.61. The summed E-state index contributed by atoms with van der Waals surface area (Å²) in [6, 6.07) is 9.26. The fraction of sp³-hybridized carbons (Fsp3) is 0.487. The lowest BCUT2D eigenvalue weighted by Crippen LogP contribution is -2.57. The van der Waals surface area contributed by atoms with Crippen LogP contribution >= 0.6 is 0 Å². The van der Waals surface area contributed by atoms with E-state index in [-0.39, 0.29) is 41.0 Å². The number of rotatable bonds is 4. The molecule has 51 heavy (non-hydrogen) atoms. The molecule has 268 valence electrons.